The van der Waals surface area contributed by atoms with E-state index in [9.17, 15) is 19.2 Å². The van der Waals surface area contributed by atoms with Crippen molar-refractivity contribution in [3.63, 3.8) is 0 Å². The summed E-state index contributed by atoms with van der Waals surface area (Å²) in [4.78, 5) is 50.1. The van der Waals surface area contributed by atoms with Crippen molar-refractivity contribution in [1.29, 1.82) is 0 Å². The SMILES string of the molecule is Cl.NCCOCCOCCNc1cccc2c1C(=O)N(C1CCC(=O)NC1=O)C2=O. The van der Waals surface area contributed by atoms with Crippen LogP contribution in [-0.2, 0) is 19.1 Å². The second kappa shape index (κ2) is 11.0. The van der Waals surface area contributed by atoms with Gasteiger partial charge in [-0.1, -0.05) is 6.07 Å². The first-order valence-corrected chi connectivity index (χ1v) is 9.48. The third kappa shape index (κ3) is 5.14. The number of nitrogens with two attached hydrogens (primary N) is 1. The largest absolute Gasteiger partial charge is 0.382 e. The molecule has 4 amide bonds. The van der Waals surface area contributed by atoms with E-state index in [0.717, 1.165) is 4.90 Å². The summed E-state index contributed by atoms with van der Waals surface area (Å²) in [6.45, 7) is 2.63. The monoisotopic (exact) mass is 440 g/mol. The van der Waals surface area contributed by atoms with E-state index in [0.29, 0.717) is 45.2 Å². The zero-order valence-corrected chi connectivity index (χ0v) is 17.2. The van der Waals surface area contributed by atoms with Gasteiger partial charge in [0.1, 0.15) is 6.04 Å². The van der Waals surface area contributed by atoms with E-state index in [1.165, 1.54) is 0 Å². The number of benzene rings is 1. The molecule has 0 bridgehead atoms. The Hall–Kier alpha value is -2.53. The van der Waals surface area contributed by atoms with Gasteiger partial charge in [0.2, 0.25) is 11.8 Å². The van der Waals surface area contributed by atoms with Crippen LogP contribution in [0.3, 0.4) is 0 Å². The molecule has 11 heteroatoms. The normalized spacial score (nSPS) is 18.2. The van der Waals surface area contributed by atoms with Crippen LogP contribution < -0.4 is 16.4 Å². The summed E-state index contributed by atoms with van der Waals surface area (Å²) in [5.74, 6) is -2.11. The van der Waals surface area contributed by atoms with Crippen LogP contribution in [0.1, 0.15) is 33.6 Å². The van der Waals surface area contributed by atoms with Gasteiger partial charge in [-0.3, -0.25) is 29.4 Å². The minimum atomic E-state index is -0.982. The lowest BCUT2D eigenvalue weighted by Gasteiger charge is -2.27. The van der Waals surface area contributed by atoms with Gasteiger partial charge in [0.25, 0.3) is 11.8 Å². The number of ether oxygens (including phenoxy) is 2. The molecule has 1 unspecified atom stereocenters. The van der Waals surface area contributed by atoms with Crippen molar-refractivity contribution in [2.75, 3.05) is 44.8 Å². The maximum atomic E-state index is 12.9. The Morgan fingerprint density at radius 3 is 2.50 bits per heavy atom. The molecule has 2 heterocycles. The summed E-state index contributed by atoms with van der Waals surface area (Å²) < 4.78 is 10.6. The fourth-order valence-electron chi connectivity index (χ4n) is 3.33. The molecule has 3 rings (SSSR count). The molecule has 0 aromatic heterocycles. The van der Waals surface area contributed by atoms with Gasteiger partial charge in [0.05, 0.1) is 37.6 Å². The summed E-state index contributed by atoms with van der Waals surface area (Å²) in [6, 6.07) is 3.94. The van der Waals surface area contributed by atoms with Gasteiger partial charge in [-0.15, -0.1) is 12.4 Å². The molecule has 2 aliphatic heterocycles. The number of halogens is 1. The molecule has 4 N–H and O–H groups in total. The van der Waals surface area contributed by atoms with E-state index in [1.807, 2.05) is 0 Å². The summed E-state index contributed by atoms with van der Waals surface area (Å²) >= 11 is 0. The Morgan fingerprint density at radius 1 is 1.07 bits per heavy atom. The van der Waals surface area contributed by atoms with E-state index >= 15 is 0 Å². The quantitative estimate of drug-likeness (QED) is 0.339. The molecule has 1 aromatic rings. The number of anilines is 1. The Balaban J connectivity index is 0.00000320. The number of carbonyl (C=O) groups excluding carboxylic acids is 4. The van der Waals surface area contributed by atoms with Gasteiger partial charge in [-0.25, -0.2) is 0 Å². The van der Waals surface area contributed by atoms with Crippen LogP contribution in [0.2, 0.25) is 0 Å². The fourth-order valence-corrected chi connectivity index (χ4v) is 3.33. The highest BCUT2D eigenvalue weighted by Crippen LogP contribution is 2.32. The molecule has 2 aliphatic rings. The molecule has 0 saturated carbocycles. The molecule has 1 fully saturated rings. The third-order valence-electron chi connectivity index (χ3n) is 4.66. The lowest BCUT2D eigenvalue weighted by Crippen LogP contribution is -2.54. The molecular formula is C19H25ClN4O6. The number of imide groups is 2. The van der Waals surface area contributed by atoms with Crippen molar-refractivity contribution < 1.29 is 28.7 Å². The van der Waals surface area contributed by atoms with Gasteiger partial charge in [-0.2, -0.15) is 0 Å². The van der Waals surface area contributed by atoms with Crippen LogP contribution in [-0.4, -0.2) is 74.1 Å². The summed E-state index contributed by atoms with van der Waals surface area (Å²) in [5, 5.41) is 5.28. The number of hydrogen-bond acceptors (Lipinski definition) is 8. The Kier molecular flexibility index (Phi) is 8.72. The minimum absolute atomic E-state index is 0. The standard InChI is InChI=1S/C19H24N4O6.ClH/c20-6-8-28-10-11-29-9-7-21-13-3-1-2-12-16(13)19(27)23(18(12)26)14-4-5-15(24)22-17(14)25;/h1-3,14,21H,4-11,20H2,(H,22,24,25);1H. The molecule has 0 radical (unpaired) electrons. The Morgan fingerprint density at radius 2 is 1.80 bits per heavy atom. The van der Waals surface area contributed by atoms with E-state index in [2.05, 4.69) is 10.6 Å². The average molecular weight is 441 g/mol. The lowest BCUT2D eigenvalue weighted by molar-refractivity contribution is -0.136. The van der Waals surface area contributed by atoms with E-state index in [4.69, 9.17) is 15.2 Å². The molecule has 1 atom stereocenters. The highest BCUT2D eigenvalue weighted by Gasteiger charge is 2.45. The zero-order valence-electron chi connectivity index (χ0n) is 16.3. The first-order valence-electron chi connectivity index (χ1n) is 9.48. The molecule has 0 aliphatic carbocycles. The zero-order chi connectivity index (χ0) is 20.8. The summed E-state index contributed by atoms with van der Waals surface area (Å²) in [7, 11) is 0. The van der Waals surface area contributed by atoms with Crippen molar-refractivity contribution in [3.05, 3.63) is 29.3 Å². The lowest BCUT2D eigenvalue weighted by atomic mass is 10.0. The van der Waals surface area contributed by atoms with E-state index < -0.39 is 29.7 Å². The van der Waals surface area contributed by atoms with Crippen molar-refractivity contribution in [2.45, 2.75) is 18.9 Å². The van der Waals surface area contributed by atoms with Crippen molar-refractivity contribution >= 4 is 41.7 Å². The second-order valence-corrected chi connectivity index (χ2v) is 6.62. The number of nitrogens with one attached hydrogen (secondary N) is 2. The Labute approximate surface area is 179 Å². The highest BCUT2D eigenvalue weighted by molar-refractivity contribution is 6.25. The average Bonchev–Trinajstić information content (AvgIpc) is 2.95. The van der Waals surface area contributed by atoms with Crippen LogP contribution in [0.4, 0.5) is 5.69 Å². The van der Waals surface area contributed by atoms with Gasteiger partial charge in [-0.05, 0) is 18.6 Å². The van der Waals surface area contributed by atoms with E-state index in [1.54, 1.807) is 18.2 Å². The second-order valence-electron chi connectivity index (χ2n) is 6.62. The maximum absolute atomic E-state index is 12.9. The third-order valence-corrected chi connectivity index (χ3v) is 4.66. The van der Waals surface area contributed by atoms with Crippen LogP contribution in [0, 0.1) is 0 Å². The maximum Gasteiger partial charge on any atom is 0.264 e. The number of carbonyl (C=O) groups is 4. The van der Waals surface area contributed by atoms with E-state index in [-0.39, 0.29) is 36.4 Å². The van der Waals surface area contributed by atoms with Crippen LogP contribution in [0.15, 0.2) is 18.2 Å². The van der Waals surface area contributed by atoms with Crippen LogP contribution in [0.25, 0.3) is 0 Å². The number of fused-ring (bicyclic) bond motifs is 1. The molecule has 1 aromatic carbocycles. The van der Waals surface area contributed by atoms with Crippen LogP contribution in [0.5, 0.6) is 0 Å². The number of amides is 4. The van der Waals surface area contributed by atoms with Crippen molar-refractivity contribution in [2.24, 2.45) is 5.73 Å². The molecular weight excluding hydrogens is 416 g/mol. The number of piperidine rings is 1. The molecule has 164 valence electrons. The Bertz CT molecular complexity index is 818. The van der Waals surface area contributed by atoms with Gasteiger partial charge in [0.15, 0.2) is 0 Å². The summed E-state index contributed by atoms with van der Waals surface area (Å²) in [6.07, 6.45) is 0.209. The molecule has 1 saturated heterocycles. The smallest absolute Gasteiger partial charge is 0.264 e. The number of rotatable bonds is 10. The number of nitrogens with zero attached hydrogens (tertiary/aromatic N) is 1. The molecule has 10 nitrogen and oxygen atoms in total. The predicted octanol–water partition coefficient (Wildman–Crippen LogP) is -0.0866. The topological polar surface area (TPSA) is 140 Å². The first-order chi connectivity index (χ1) is 14.0. The number of hydrogen-bond donors (Lipinski definition) is 3. The van der Waals surface area contributed by atoms with Gasteiger partial charge in [0, 0.05) is 25.2 Å². The summed E-state index contributed by atoms with van der Waals surface area (Å²) in [5.41, 5.74) is 6.29. The first kappa shape index (κ1) is 23.7. The minimum Gasteiger partial charge on any atom is -0.382 e. The molecule has 0 spiro atoms. The van der Waals surface area contributed by atoms with Gasteiger partial charge < -0.3 is 20.5 Å². The van der Waals surface area contributed by atoms with Gasteiger partial charge >= 0.3 is 0 Å². The highest BCUT2D eigenvalue weighted by atomic mass is 35.5. The molecule has 30 heavy (non-hydrogen) atoms. The fraction of sp³-hybridized carbons (Fsp3) is 0.474. The van der Waals surface area contributed by atoms with Crippen LogP contribution >= 0.6 is 12.4 Å². The van der Waals surface area contributed by atoms with Crippen molar-refractivity contribution in [3.8, 4) is 0 Å². The predicted molar refractivity (Wildman–Crippen MR) is 110 cm³/mol. The van der Waals surface area contributed by atoms with Crippen molar-refractivity contribution in [1.82, 2.24) is 10.2 Å².